The van der Waals surface area contributed by atoms with Gasteiger partial charge in [0, 0.05) is 32.7 Å². The van der Waals surface area contributed by atoms with E-state index in [1.807, 2.05) is 0 Å². The molecule has 3 fully saturated rings. The number of hydrogen-bond acceptors (Lipinski definition) is 2. The first kappa shape index (κ1) is 20.3. The smallest absolute Gasteiger partial charge is 0.193 e. The fraction of sp³-hybridized carbons (Fsp3) is 0.947. The third-order valence-electron chi connectivity index (χ3n) is 6.12. The van der Waals surface area contributed by atoms with Crippen molar-refractivity contribution < 1.29 is 0 Å². The fourth-order valence-electron chi connectivity index (χ4n) is 4.60. The van der Waals surface area contributed by atoms with E-state index >= 15 is 0 Å². The summed E-state index contributed by atoms with van der Waals surface area (Å²) in [5.41, 5.74) is 0.653. The van der Waals surface area contributed by atoms with Crippen molar-refractivity contribution in [3.05, 3.63) is 0 Å². The van der Waals surface area contributed by atoms with Crippen LogP contribution in [0.15, 0.2) is 4.99 Å². The van der Waals surface area contributed by atoms with Gasteiger partial charge in [-0.05, 0) is 69.9 Å². The van der Waals surface area contributed by atoms with Gasteiger partial charge >= 0.3 is 0 Å². The molecule has 0 radical (unpaired) electrons. The molecule has 0 aromatic carbocycles. The highest BCUT2D eigenvalue weighted by Crippen LogP contribution is 2.47. The number of halogens is 1. The van der Waals surface area contributed by atoms with E-state index in [9.17, 15) is 0 Å². The SMILES string of the molecule is CCNC(=NCCCN1CCCC(C)C1)N1CCC2(CCC2)C1.I. The molecule has 1 N–H and O–H groups in total. The first-order valence-corrected chi connectivity index (χ1v) is 9.96. The summed E-state index contributed by atoms with van der Waals surface area (Å²) in [7, 11) is 0. The van der Waals surface area contributed by atoms with Gasteiger partial charge in [-0.2, -0.15) is 0 Å². The lowest BCUT2D eigenvalue weighted by Crippen LogP contribution is -2.42. The van der Waals surface area contributed by atoms with E-state index in [1.54, 1.807) is 0 Å². The second-order valence-electron chi connectivity index (χ2n) is 8.16. The second kappa shape index (κ2) is 9.60. The number of nitrogens with zero attached hydrogens (tertiary/aromatic N) is 3. The minimum atomic E-state index is 0. The topological polar surface area (TPSA) is 30.9 Å². The number of likely N-dealkylation sites (tertiary alicyclic amines) is 2. The van der Waals surface area contributed by atoms with Crippen molar-refractivity contribution >= 4 is 29.9 Å². The average molecular weight is 448 g/mol. The summed E-state index contributed by atoms with van der Waals surface area (Å²) in [4.78, 5) is 10.1. The van der Waals surface area contributed by atoms with Gasteiger partial charge in [0.05, 0.1) is 0 Å². The van der Waals surface area contributed by atoms with E-state index in [0.29, 0.717) is 5.41 Å². The van der Waals surface area contributed by atoms with Crippen LogP contribution in [0, 0.1) is 11.3 Å². The summed E-state index contributed by atoms with van der Waals surface area (Å²) in [6, 6.07) is 0. The third-order valence-corrected chi connectivity index (χ3v) is 6.12. The van der Waals surface area contributed by atoms with Gasteiger partial charge in [0.1, 0.15) is 0 Å². The Morgan fingerprint density at radius 1 is 1.21 bits per heavy atom. The van der Waals surface area contributed by atoms with Crippen LogP contribution in [0.2, 0.25) is 0 Å². The van der Waals surface area contributed by atoms with E-state index in [0.717, 1.165) is 19.0 Å². The molecule has 1 atom stereocenters. The monoisotopic (exact) mass is 448 g/mol. The average Bonchev–Trinajstić information content (AvgIpc) is 2.96. The highest BCUT2D eigenvalue weighted by Gasteiger charge is 2.43. The van der Waals surface area contributed by atoms with Gasteiger partial charge in [0.2, 0.25) is 0 Å². The molecule has 0 aromatic rings. The Balaban J connectivity index is 0.00000208. The summed E-state index contributed by atoms with van der Waals surface area (Å²) in [5, 5.41) is 3.52. The van der Waals surface area contributed by atoms with Gasteiger partial charge in [-0.3, -0.25) is 4.99 Å². The van der Waals surface area contributed by atoms with Crippen molar-refractivity contribution in [3.63, 3.8) is 0 Å². The molecule has 1 saturated carbocycles. The van der Waals surface area contributed by atoms with Crippen LogP contribution >= 0.6 is 24.0 Å². The van der Waals surface area contributed by atoms with Gasteiger partial charge in [-0.25, -0.2) is 0 Å². The molecule has 2 heterocycles. The molecule has 2 aliphatic heterocycles. The molecule has 0 aromatic heterocycles. The second-order valence-corrected chi connectivity index (χ2v) is 8.16. The Morgan fingerprint density at radius 2 is 2.04 bits per heavy atom. The predicted molar refractivity (Wildman–Crippen MR) is 113 cm³/mol. The molecule has 0 bridgehead atoms. The van der Waals surface area contributed by atoms with Gasteiger partial charge in [0.25, 0.3) is 0 Å². The molecule has 4 nitrogen and oxygen atoms in total. The minimum Gasteiger partial charge on any atom is -0.357 e. The fourth-order valence-corrected chi connectivity index (χ4v) is 4.60. The van der Waals surface area contributed by atoms with E-state index < -0.39 is 0 Å². The molecule has 1 spiro atoms. The number of rotatable bonds is 5. The summed E-state index contributed by atoms with van der Waals surface area (Å²) in [6.45, 7) is 12.8. The zero-order valence-electron chi connectivity index (χ0n) is 15.7. The number of aliphatic imine (C=N–C) groups is 1. The predicted octanol–water partition coefficient (Wildman–Crippen LogP) is 3.57. The van der Waals surface area contributed by atoms with Crippen LogP contribution in [-0.2, 0) is 0 Å². The zero-order chi connectivity index (χ0) is 16.1. The normalized spacial score (nSPS) is 27.0. The van der Waals surface area contributed by atoms with Crippen molar-refractivity contribution in [3.8, 4) is 0 Å². The van der Waals surface area contributed by atoms with Crippen molar-refractivity contribution in [2.24, 2.45) is 16.3 Å². The molecule has 1 unspecified atom stereocenters. The Bertz CT molecular complexity index is 408. The van der Waals surface area contributed by atoms with Gasteiger partial charge in [0.15, 0.2) is 5.96 Å². The molecular weight excluding hydrogens is 411 g/mol. The van der Waals surface area contributed by atoms with Crippen LogP contribution in [-0.4, -0.2) is 61.6 Å². The van der Waals surface area contributed by atoms with Gasteiger partial charge in [-0.1, -0.05) is 13.3 Å². The van der Waals surface area contributed by atoms with Gasteiger partial charge < -0.3 is 15.1 Å². The maximum Gasteiger partial charge on any atom is 0.193 e. The highest BCUT2D eigenvalue weighted by molar-refractivity contribution is 14.0. The van der Waals surface area contributed by atoms with E-state index in [-0.39, 0.29) is 24.0 Å². The van der Waals surface area contributed by atoms with Crippen LogP contribution in [0.25, 0.3) is 0 Å². The van der Waals surface area contributed by atoms with Crippen LogP contribution < -0.4 is 5.32 Å². The molecule has 0 amide bonds. The molecule has 140 valence electrons. The molecule has 3 rings (SSSR count). The summed E-state index contributed by atoms with van der Waals surface area (Å²) < 4.78 is 0. The zero-order valence-corrected chi connectivity index (χ0v) is 18.1. The molecule has 5 heteroatoms. The van der Waals surface area contributed by atoms with E-state index in [2.05, 4.69) is 29.0 Å². The summed E-state index contributed by atoms with van der Waals surface area (Å²) in [5.74, 6) is 2.05. The maximum atomic E-state index is 4.93. The van der Waals surface area contributed by atoms with Crippen LogP contribution in [0.3, 0.4) is 0 Å². The summed E-state index contributed by atoms with van der Waals surface area (Å²) in [6.07, 6.45) is 9.68. The minimum absolute atomic E-state index is 0. The van der Waals surface area contributed by atoms with Crippen molar-refractivity contribution in [2.75, 3.05) is 45.8 Å². The van der Waals surface area contributed by atoms with Crippen molar-refractivity contribution in [2.45, 2.75) is 58.8 Å². The largest absolute Gasteiger partial charge is 0.357 e. The first-order chi connectivity index (χ1) is 11.2. The van der Waals surface area contributed by atoms with Crippen LogP contribution in [0.4, 0.5) is 0 Å². The Labute approximate surface area is 165 Å². The standard InChI is InChI=1S/C19H36N4.HI/c1-3-20-18(23-14-10-19(16-23)8-5-9-19)21-11-6-13-22-12-4-7-17(2)15-22;/h17H,3-16H2,1-2H3,(H,20,21);1H. The van der Waals surface area contributed by atoms with Crippen LogP contribution in [0.1, 0.15) is 58.8 Å². The highest BCUT2D eigenvalue weighted by atomic mass is 127. The molecule has 2 saturated heterocycles. The van der Waals surface area contributed by atoms with Crippen molar-refractivity contribution in [1.29, 1.82) is 0 Å². The molecule has 24 heavy (non-hydrogen) atoms. The lowest BCUT2D eigenvalue weighted by molar-refractivity contribution is 0.151. The third kappa shape index (κ3) is 5.23. The number of guanidine groups is 1. The van der Waals surface area contributed by atoms with Crippen molar-refractivity contribution in [1.82, 2.24) is 15.1 Å². The summed E-state index contributed by atoms with van der Waals surface area (Å²) >= 11 is 0. The Kier molecular flexibility index (Phi) is 8.11. The number of piperidine rings is 1. The lowest BCUT2D eigenvalue weighted by Gasteiger charge is -2.38. The molecular formula is C19H37IN4. The lowest BCUT2D eigenvalue weighted by atomic mass is 9.68. The van der Waals surface area contributed by atoms with E-state index in [4.69, 9.17) is 4.99 Å². The molecule has 1 aliphatic carbocycles. The number of nitrogens with one attached hydrogen (secondary N) is 1. The Morgan fingerprint density at radius 3 is 2.67 bits per heavy atom. The van der Waals surface area contributed by atoms with Gasteiger partial charge in [-0.15, -0.1) is 24.0 Å². The van der Waals surface area contributed by atoms with E-state index in [1.165, 1.54) is 83.6 Å². The Hall–Kier alpha value is -0.0400. The maximum absolute atomic E-state index is 4.93. The number of hydrogen-bond donors (Lipinski definition) is 1. The quantitative estimate of drug-likeness (QED) is 0.302. The molecule has 3 aliphatic rings. The first-order valence-electron chi connectivity index (χ1n) is 9.96. The van der Waals surface area contributed by atoms with Crippen LogP contribution in [0.5, 0.6) is 0 Å².